The summed E-state index contributed by atoms with van der Waals surface area (Å²) in [5, 5.41) is 0. The molecule has 10 heteroatoms. The predicted molar refractivity (Wildman–Crippen MR) is 147 cm³/mol. The fraction of sp³-hybridized carbons (Fsp3) is 0.258. The number of carbonyl (C=O) groups excluding carboxylic acids is 1. The summed E-state index contributed by atoms with van der Waals surface area (Å²) < 4.78 is 51.0. The summed E-state index contributed by atoms with van der Waals surface area (Å²) in [7, 11) is 4.71. The molecule has 1 aliphatic heterocycles. The minimum atomic E-state index is -0.780. The van der Waals surface area contributed by atoms with Crippen molar-refractivity contribution in [3.8, 4) is 28.6 Å². The van der Waals surface area contributed by atoms with E-state index in [0.29, 0.717) is 47.4 Å². The van der Waals surface area contributed by atoms with Crippen LogP contribution < -0.4 is 14.2 Å². The van der Waals surface area contributed by atoms with Crippen LogP contribution in [0.3, 0.4) is 0 Å². The predicted octanol–water partition coefficient (Wildman–Crippen LogP) is 5.21. The molecule has 3 aromatic carbocycles. The van der Waals surface area contributed by atoms with Gasteiger partial charge < -0.3 is 23.8 Å². The highest BCUT2D eigenvalue weighted by Gasteiger charge is 2.34. The average Bonchev–Trinajstić information content (AvgIpc) is 3.29. The van der Waals surface area contributed by atoms with E-state index in [4.69, 9.17) is 18.9 Å². The zero-order valence-corrected chi connectivity index (χ0v) is 22.9. The van der Waals surface area contributed by atoms with Crippen LogP contribution in [0.25, 0.3) is 11.4 Å². The average molecular weight is 562 g/mol. The summed E-state index contributed by atoms with van der Waals surface area (Å²) in [6, 6.07) is 16.3. The number of hydrogen-bond donors (Lipinski definition) is 0. The van der Waals surface area contributed by atoms with Gasteiger partial charge in [-0.2, -0.15) is 0 Å². The maximum absolute atomic E-state index is 14.8. The highest BCUT2D eigenvalue weighted by molar-refractivity contribution is 5.99. The largest absolute Gasteiger partial charge is 0.497 e. The van der Waals surface area contributed by atoms with Gasteiger partial charge in [-0.3, -0.25) is 4.79 Å². The summed E-state index contributed by atoms with van der Waals surface area (Å²) in [6.45, 7) is 1.26. The van der Waals surface area contributed by atoms with Crippen molar-refractivity contribution in [1.82, 2.24) is 14.9 Å². The van der Waals surface area contributed by atoms with Crippen LogP contribution in [0.2, 0.25) is 0 Å². The highest BCUT2D eigenvalue weighted by atomic mass is 19.1. The normalized spacial score (nSPS) is 12.4. The number of methoxy groups -OCH3 is 3. The van der Waals surface area contributed by atoms with Crippen LogP contribution in [0.5, 0.6) is 17.2 Å². The number of hydrogen-bond acceptors (Lipinski definition) is 7. The quantitative estimate of drug-likeness (QED) is 0.233. The number of ether oxygens (including phenoxy) is 4. The van der Waals surface area contributed by atoms with Crippen molar-refractivity contribution in [2.75, 3.05) is 34.5 Å². The van der Waals surface area contributed by atoms with Crippen LogP contribution in [0.15, 0.2) is 60.7 Å². The van der Waals surface area contributed by atoms with Crippen LogP contribution in [0.4, 0.5) is 8.78 Å². The van der Waals surface area contributed by atoms with Crippen LogP contribution in [-0.4, -0.2) is 55.3 Å². The second-order valence-electron chi connectivity index (χ2n) is 9.41. The molecule has 1 aliphatic rings. The molecule has 0 unspecified atom stereocenters. The van der Waals surface area contributed by atoms with Gasteiger partial charge in [0, 0.05) is 25.2 Å². The molecule has 0 atom stereocenters. The third-order valence-corrected chi connectivity index (χ3v) is 6.79. The summed E-state index contributed by atoms with van der Waals surface area (Å²) >= 11 is 0. The zero-order valence-electron chi connectivity index (χ0n) is 22.9. The molecule has 0 saturated carbocycles. The van der Waals surface area contributed by atoms with Crippen molar-refractivity contribution in [3.05, 3.63) is 100 Å². The van der Waals surface area contributed by atoms with E-state index in [1.807, 2.05) is 30.3 Å². The van der Waals surface area contributed by atoms with Gasteiger partial charge >= 0.3 is 0 Å². The van der Waals surface area contributed by atoms with Gasteiger partial charge in [-0.15, -0.1) is 0 Å². The molecule has 4 aromatic rings. The lowest BCUT2D eigenvalue weighted by molar-refractivity contribution is 0.0764. The van der Waals surface area contributed by atoms with Crippen LogP contribution in [0, 0.1) is 11.6 Å². The number of nitrogens with zero attached hydrogens (tertiary/aromatic N) is 3. The second kappa shape index (κ2) is 12.3. The molecular weight excluding hydrogens is 532 g/mol. The number of carbonyl (C=O) groups is 1. The van der Waals surface area contributed by atoms with Gasteiger partial charge in [-0.25, -0.2) is 18.7 Å². The summed E-state index contributed by atoms with van der Waals surface area (Å²) in [4.78, 5) is 24.3. The van der Waals surface area contributed by atoms with E-state index in [-0.39, 0.29) is 36.8 Å². The number of rotatable bonds is 11. The molecule has 0 N–H and O–H groups in total. The van der Waals surface area contributed by atoms with E-state index < -0.39 is 11.6 Å². The summed E-state index contributed by atoms with van der Waals surface area (Å²) in [5.41, 5.74) is 2.40. The molecule has 0 radical (unpaired) electrons. The van der Waals surface area contributed by atoms with Crippen LogP contribution >= 0.6 is 0 Å². The molecule has 2 heterocycles. The number of aromatic nitrogens is 2. The SMILES string of the molecule is COCCOc1ccc(Cc2nc(-c3c(F)cccc3F)nc3c2C(=O)N(Cc2ccc(OC)cc2OC)C3)cc1. The molecule has 1 amide bonds. The van der Waals surface area contributed by atoms with E-state index in [1.54, 1.807) is 38.4 Å². The van der Waals surface area contributed by atoms with Gasteiger partial charge in [0.15, 0.2) is 5.82 Å². The second-order valence-corrected chi connectivity index (χ2v) is 9.41. The van der Waals surface area contributed by atoms with Crippen LogP contribution in [0.1, 0.15) is 32.9 Å². The number of fused-ring (bicyclic) bond motifs is 1. The van der Waals surface area contributed by atoms with Gasteiger partial charge in [0.2, 0.25) is 0 Å². The molecular formula is C31H29F2N3O5. The van der Waals surface area contributed by atoms with Gasteiger partial charge in [-0.05, 0) is 42.0 Å². The molecule has 0 aliphatic carbocycles. The Kier molecular flexibility index (Phi) is 8.39. The first-order valence-electron chi connectivity index (χ1n) is 13.0. The molecule has 0 bridgehead atoms. The van der Waals surface area contributed by atoms with Crippen molar-refractivity contribution in [1.29, 1.82) is 0 Å². The van der Waals surface area contributed by atoms with E-state index in [9.17, 15) is 13.6 Å². The third-order valence-electron chi connectivity index (χ3n) is 6.79. The standard InChI is InChI=1S/C31H29F2N3O5/c1-38-13-14-41-21-10-7-19(8-11-21)15-25-29-26(35-30(34-25)28-23(32)5-4-6-24(28)33)18-36(31(29)37)17-20-9-12-22(39-2)16-27(20)40-3/h4-12,16H,13-15,17-18H2,1-3H3. The molecule has 0 fully saturated rings. The molecule has 0 spiro atoms. The van der Waals surface area contributed by atoms with Crippen molar-refractivity contribution < 1.29 is 32.5 Å². The lowest BCUT2D eigenvalue weighted by Gasteiger charge is -2.18. The Labute approximate surface area is 236 Å². The van der Waals surface area contributed by atoms with Crippen molar-refractivity contribution in [2.45, 2.75) is 19.5 Å². The first-order chi connectivity index (χ1) is 19.9. The molecule has 41 heavy (non-hydrogen) atoms. The highest BCUT2D eigenvalue weighted by Crippen LogP contribution is 2.33. The maximum Gasteiger partial charge on any atom is 0.258 e. The van der Waals surface area contributed by atoms with Crippen LogP contribution in [-0.2, 0) is 24.2 Å². The fourth-order valence-corrected chi connectivity index (χ4v) is 4.74. The van der Waals surface area contributed by atoms with E-state index >= 15 is 0 Å². The number of benzene rings is 3. The van der Waals surface area contributed by atoms with Gasteiger partial charge in [0.1, 0.15) is 35.5 Å². The lowest BCUT2D eigenvalue weighted by atomic mass is 10.0. The Morgan fingerprint density at radius 3 is 2.27 bits per heavy atom. The Balaban J connectivity index is 1.50. The summed E-state index contributed by atoms with van der Waals surface area (Å²) in [5.74, 6) is -0.0694. The first-order valence-corrected chi connectivity index (χ1v) is 13.0. The monoisotopic (exact) mass is 561 g/mol. The molecule has 0 saturated heterocycles. The topological polar surface area (TPSA) is 83.0 Å². The Morgan fingerprint density at radius 2 is 1.59 bits per heavy atom. The van der Waals surface area contributed by atoms with E-state index in [1.165, 1.54) is 6.07 Å². The van der Waals surface area contributed by atoms with Crippen molar-refractivity contribution >= 4 is 5.91 Å². The Bertz CT molecular complexity index is 1540. The molecule has 8 nitrogen and oxygen atoms in total. The molecule has 212 valence electrons. The first kappa shape index (κ1) is 28.0. The van der Waals surface area contributed by atoms with Gasteiger partial charge in [0.05, 0.1) is 56.4 Å². The molecule has 5 rings (SSSR count). The van der Waals surface area contributed by atoms with E-state index in [2.05, 4.69) is 9.97 Å². The third kappa shape index (κ3) is 5.97. The minimum Gasteiger partial charge on any atom is -0.497 e. The minimum absolute atomic E-state index is 0.106. The number of halogens is 2. The Hall–Kier alpha value is -4.57. The van der Waals surface area contributed by atoms with Gasteiger partial charge in [0.25, 0.3) is 5.91 Å². The number of amides is 1. The smallest absolute Gasteiger partial charge is 0.258 e. The van der Waals surface area contributed by atoms with E-state index in [0.717, 1.165) is 23.3 Å². The zero-order chi connectivity index (χ0) is 28.9. The van der Waals surface area contributed by atoms with Crippen molar-refractivity contribution in [3.63, 3.8) is 0 Å². The molecule has 1 aromatic heterocycles. The maximum atomic E-state index is 14.8. The van der Waals surface area contributed by atoms with Gasteiger partial charge in [-0.1, -0.05) is 18.2 Å². The summed E-state index contributed by atoms with van der Waals surface area (Å²) in [6.07, 6.45) is 0.248. The Morgan fingerprint density at radius 1 is 0.854 bits per heavy atom. The fourth-order valence-electron chi connectivity index (χ4n) is 4.74. The lowest BCUT2D eigenvalue weighted by Crippen LogP contribution is -2.24. The van der Waals surface area contributed by atoms with Crippen molar-refractivity contribution in [2.24, 2.45) is 0 Å².